The normalized spacial score (nSPS) is 11.9. The fourth-order valence-electron chi connectivity index (χ4n) is 1.05. The van der Waals surface area contributed by atoms with E-state index in [1.807, 2.05) is 0 Å². The zero-order valence-corrected chi connectivity index (χ0v) is 8.68. The van der Waals surface area contributed by atoms with E-state index in [2.05, 4.69) is 5.32 Å². The van der Waals surface area contributed by atoms with Crippen LogP contribution < -0.4 is 11.1 Å². The standard InChI is InChI=1S/C10H11FN2O4/c11-6-3-5(1-2-7(6)12)9(15)13-4-8(14)10(16)17/h1-3,8,14H,4,12H2,(H,13,15)(H,16,17). The van der Waals surface area contributed by atoms with Gasteiger partial charge in [0, 0.05) is 5.56 Å². The number of hydrogen-bond donors (Lipinski definition) is 4. The van der Waals surface area contributed by atoms with Crippen molar-refractivity contribution in [3.63, 3.8) is 0 Å². The molecule has 0 aromatic heterocycles. The maximum Gasteiger partial charge on any atom is 0.334 e. The van der Waals surface area contributed by atoms with Gasteiger partial charge >= 0.3 is 5.97 Å². The van der Waals surface area contributed by atoms with Gasteiger partial charge in [0.15, 0.2) is 6.10 Å². The van der Waals surface area contributed by atoms with E-state index in [1.54, 1.807) is 0 Å². The van der Waals surface area contributed by atoms with Crippen molar-refractivity contribution < 1.29 is 24.2 Å². The van der Waals surface area contributed by atoms with Crippen LogP contribution in [0.5, 0.6) is 0 Å². The monoisotopic (exact) mass is 242 g/mol. The molecule has 0 aliphatic heterocycles. The number of aliphatic carboxylic acids is 1. The minimum absolute atomic E-state index is 0.00529. The van der Waals surface area contributed by atoms with Gasteiger partial charge in [0.2, 0.25) is 0 Å². The lowest BCUT2D eigenvalue weighted by atomic mass is 10.2. The summed E-state index contributed by atoms with van der Waals surface area (Å²) in [6, 6.07) is 3.44. The topological polar surface area (TPSA) is 113 Å². The molecular formula is C10H11FN2O4. The number of nitrogens with two attached hydrogens (primary N) is 1. The number of carboxylic acids is 1. The zero-order chi connectivity index (χ0) is 13.0. The zero-order valence-electron chi connectivity index (χ0n) is 8.68. The molecule has 1 amide bonds. The van der Waals surface area contributed by atoms with Crippen LogP contribution >= 0.6 is 0 Å². The van der Waals surface area contributed by atoms with Gasteiger partial charge in [-0.05, 0) is 18.2 Å². The number of nitrogen functional groups attached to an aromatic ring is 1. The molecule has 0 radical (unpaired) electrons. The number of aliphatic hydroxyl groups is 1. The summed E-state index contributed by atoms with van der Waals surface area (Å²) >= 11 is 0. The minimum atomic E-state index is -1.70. The average molecular weight is 242 g/mol. The largest absolute Gasteiger partial charge is 0.479 e. The molecule has 0 bridgehead atoms. The van der Waals surface area contributed by atoms with Crippen molar-refractivity contribution in [1.82, 2.24) is 5.32 Å². The van der Waals surface area contributed by atoms with Crippen LogP contribution in [0.3, 0.4) is 0 Å². The van der Waals surface area contributed by atoms with Crippen molar-refractivity contribution in [1.29, 1.82) is 0 Å². The molecule has 7 heteroatoms. The highest BCUT2D eigenvalue weighted by molar-refractivity contribution is 5.94. The third-order valence-electron chi connectivity index (χ3n) is 2.00. The van der Waals surface area contributed by atoms with Crippen LogP contribution in [-0.2, 0) is 4.79 Å². The number of halogens is 1. The fraction of sp³-hybridized carbons (Fsp3) is 0.200. The molecule has 0 heterocycles. The maximum atomic E-state index is 13.0. The van der Waals surface area contributed by atoms with Crippen molar-refractivity contribution in [3.05, 3.63) is 29.6 Å². The number of anilines is 1. The third kappa shape index (κ3) is 3.42. The molecule has 0 fully saturated rings. The summed E-state index contributed by atoms with van der Waals surface area (Å²) in [7, 11) is 0. The lowest BCUT2D eigenvalue weighted by Gasteiger charge is -2.08. The summed E-state index contributed by atoms with van der Waals surface area (Å²) in [6.45, 7) is -0.458. The average Bonchev–Trinajstić information content (AvgIpc) is 2.28. The molecule has 0 saturated heterocycles. The Balaban J connectivity index is 2.64. The summed E-state index contributed by atoms with van der Waals surface area (Å²) in [6.07, 6.45) is -1.70. The molecule has 1 atom stereocenters. The first kappa shape index (κ1) is 12.9. The Morgan fingerprint density at radius 2 is 2.12 bits per heavy atom. The van der Waals surface area contributed by atoms with Crippen molar-refractivity contribution in [2.24, 2.45) is 0 Å². The Kier molecular flexibility index (Phi) is 4.00. The lowest BCUT2D eigenvalue weighted by Crippen LogP contribution is -2.36. The summed E-state index contributed by atoms with van der Waals surface area (Å²) in [5.74, 6) is -2.88. The van der Waals surface area contributed by atoms with Crippen LogP contribution in [0, 0.1) is 5.82 Å². The number of carbonyl (C=O) groups is 2. The van der Waals surface area contributed by atoms with E-state index >= 15 is 0 Å². The molecule has 0 spiro atoms. The number of hydrogen-bond acceptors (Lipinski definition) is 4. The SMILES string of the molecule is Nc1ccc(C(=O)NCC(O)C(=O)O)cc1F. The Hall–Kier alpha value is -2.15. The van der Waals surface area contributed by atoms with E-state index in [1.165, 1.54) is 12.1 Å². The summed E-state index contributed by atoms with van der Waals surface area (Å²) in [5.41, 5.74) is 5.13. The number of nitrogens with one attached hydrogen (secondary N) is 1. The molecule has 6 nitrogen and oxygen atoms in total. The van der Waals surface area contributed by atoms with E-state index < -0.39 is 30.3 Å². The van der Waals surface area contributed by atoms with Gasteiger partial charge in [-0.15, -0.1) is 0 Å². The van der Waals surface area contributed by atoms with Gasteiger partial charge in [0.25, 0.3) is 5.91 Å². The van der Waals surface area contributed by atoms with Gasteiger partial charge in [-0.25, -0.2) is 9.18 Å². The predicted octanol–water partition coefficient (Wildman–Crippen LogP) is -0.417. The molecule has 1 unspecified atom stereocenters. The van der Waals surface area contributed by atoms with Gasteiger partial charge in [-0.1, -0.05) is 0 Å². The number of carboxylic acid groups (broad SMARTS) is 1. The Morgan fingerprint density at radius 3 is 2.65 bits per heavy atom. The summed E-state index contributed by atoms with van der Waals surface area (Å²) in [5, 5.41) is 19.4. The molecule has 5 N–H and O–H groups in total. The first-order chi connectivity index (χ1) is 7.91. The fourth-order valence-corrected chi connectivity index (χ4v) is 1.05. The van der Waals surface area contributed by atoms with Crippen LogP contribution in [-0.4, -0.2) is 34.7 Å². The van der Waals surface area contributed by atoms with Crippen molar-refractivity contribution in [3.8, 4) is 0 Å². The minimum Gasteiger partial charge on any atom is -0.479 e. The highest BCUT2D eigenvalue weighted by Gasteiger charge is 2.15. The van der Waals surface area contributed by atoms with Crippen LogP contribution in [0.4, 0.5) is 10.1 Å². The van der Waals surface area contributed by atoms with E-state index in [0.717, 1.165) is 6.07 Å². The maximum absolute atomic E-state index is 13.0. The third-order valence-corrected chi connectivity index (χ3v) is 2.00. The van der Waals surface area contributed by atoms with Crippen LogP contribution in [0.2, 0.25) is 0 Å². The smallest absolute Gasteiger partial charge is 0.334 e. The molecule has 0 aliphatic carbocycles. The van der Waals surface area contributed by atoms with Crippen molar-refractivity contribution >= 4 is 17.6 Å². The Morgan fingerprint density at radius 1 is 1.47 bits per heavy atom. The van der Waals surface area contributed by atoms with E-state index in [4.69, 9.17) is 15.9 Å². The second-order valence-electron chi connectivity index (χ2n) is 3.30. The van der Waals surface area contributed by atoms with Crippen molar-refractivity contribution in [2.75, 3.05) is 12.3 Å². The second kappa shape index (κ2) is 5.26. The van der Waals surface area contributed by atoms with Crippen LogP contribution in [0.1, 0.15) is 10.4 Å². The summed E-state index contributed by atoms with van der Waals surface area (Å²) in [4.78, 5) is 21.7. The lowest BCUT2D eigenvalue weighted by molar-refractivity contribution is -0.146. The Labute approximate surface area is 95.9 Å². The first-order valence-electron chi connectivity index (χ1n) is 4.66. The van der Waals surface area contributed by atoms with E-state index in [0.29, 0.717) is 0 Å². The predicted molar refractivity (Wildman–Crippen MR) is 56.8 cm³/mol. The quantitative estimate of drug-likeness (QED) is 0.536. The van der Waals surface area contributed by atoms with Crippen molar-refractivity contribution in [2.45, 2.75) is 6.10 Å². The summed E-state index contributed by atoms with van der Waals surface area (Å²) < 4.78 is 13.0. The van der Waals surface area contributed by atoms with Crippen LogP contribution in [0.15, 0.2) is 18.2 Å². The molecule has 17 heavy (non-hydrogen) atoms. The highest BCUT2D eigenvalue weighted by Crippen LogP contribution is 2.11. The number of rotatable bonds is 4. The highest BCUT2D eigenvalue weighted by atomic mass is 19.1. The number of carbonyl (C=O) groups excluding carboxylic acids is 1. The van der Waals surface area contributed by atoms with Gasteiger partial charge in [-0.2, -0.15) is 0 Å². The molecule has 1 rings (SSSR count). The molecule has 1 aromatic carbocycles. The number of amides is 1. The Bertz CT molecular complexity index is 450. The van der Waals surface area contributed by atoms with Crippen LogP contribution in [0.25, 0.3) is 0 Å². The van der Waals surface area contributed by atoms with E-state index in [-0.39, 0.29) is 11.3 Å². The first-order valence-corrected chi connectivity index (χ1v) is 4.66. The van der Waals surface area contributed by atoms with E-state index in [9.17, 15) is 14.0 Å². The molecule has 0 aliphatic rings. The molecule has 0 saturated carbocycles. The van der Waals surface area contributed by atoms with Gasteiger partial charge in [-0.3, -0.25) is 4.79 Å². The van der Waals surface area contributed by atoms with Gasteiger partial charge in [0.05, 0.1) is 12.2 Å². The molecule has 1 aromatic rings. The molecule has 92 valence electrons. The molecular weight excluding hydrogens is 231 g/mol. The number of benzene rings is 1. The number of aliphatic hydroxyl groups excluding tert-OH is 1. The second-order valence-corrected chi connectivity index (χ2v) is 3.30. The van der Waals surface area contributed by atoms with Gasteiger partial charge < -0.3 is 21.3 Å². The van der Waals surface area contributed by atoms with Gasteiger partial charge in [0.1, 0.15) is 5.82 Å².